The van der Waals surface area contributed by atoms with E-state index in [1.54, 1.807) is 0 Å². The molecule has 4 aliphatic rings. The fourth-order valence-corrected chi connectivity index (χ4v) is 10.8. The number of Topliss-reactive ketones (excluding diaryl/α,β-unsaturated/α-hetero) is 1. The first-order valence-electron chi connectivity index (χ1n) is 15.6. The first-order valence-corrected chi connectivity index (χ1v) is 15.6. The molecule has 0 bridgehead atoms. The molecular formula is C34H54O6. The van der Waals surface area contributed by atoms with Crippen molar-refractivity contribution >= 4 is 17.7 Å². The minimum Gasteiger partial charge on any atom is -0.462 e. The highest BCUT2D eigenvalue weighted by Gasteiger charge is 2.72. The lowest BCUT2D eigenvalue weighted by Crippen LogP contribution is -2.68. The summed E-state index contributed by atoms with van der Waals surface area (Å²) in [5.41, 5.74) is -0.421. The van der Waals surface area contributed by atoms with Gasteiger partial charge in [-0.05, 0) is 105 Å². The van der Waals surface area contributed by atoms with E-state index in [9.17, 15) is 19.5 Å². The number of carbonyl (C=O) groups is 3. The molecule has 0 aromatic rings. The molecule has 0 aromatic carbocycles. The molecule has 0 radical (unpaired) electrons. The number of hydrogen-bond donors (Lipinski definition) is 1. The first kappa shape index (κ1) is 31.3. The van der Waals surface area contributed by atoms with Crippen LogP contribution in [0.2, 0.25) is 0 Å². The number of rotatable bonds is 7. The van der Waals surface area contributed by atoms with Crippen LogP contribution in [0.1, 0.15) is 120 Å². The zero-order valence-corrected chi connectivity index (χ0v) is 26.5. The second kappa shape index (κ2) is 10.5. The van der Waals surface area contributed by atoms with E-state index in [0.717, 1.165) is 50.5 Å². The first-order chi connectivity index (χ1) is 18.4. The third-order valence-electron chi connectivity index (χ3n) is 12.8. The minimum absolute atomic E-state index is 0.0175. The summed E-state index contributed by atoms with van der Waals surface area (Å²) in [4.78, 5) is 36.7. The van der Waals surface area contributed by atoms with Gasteiger partial charge in [0.1, 0.15) is 18.5 Å². The Morgan fingerprint density at radius 3 is 2.30 bits per heavy atom. The van der Waals surface area contributed by atoms with E-state index in [1.807, 2.05) is 13.8 Å². The van der Waals surface area contributed by atoms with Crippen molar-refractivity contribution in [3.8, 4) is 0 Å². The lowest BCUT2D eigenvalue weighted by Gasteiger charge is -2.70. The van der Waals surface area contributed by atoms with Crippen LogP contribution in [0.15, 0.2) is 11.6 Å². The molecule has 0 aromatic heterocycles. The van der Waals surface area contributed by atoms with Crippen molar-refractivity contribution in [2.75, 3.05) is 6.61 Å². The lowest BCUT2D eigenvalue weighted by molar-refractivity contribution is -0.244. The monoisotopic (exact) mass is 558 g/mol. The van der Waals surface area contributed by atoms with E-state index in [0.29, 0.717) is 37.1 Å². The Bertz CT molecular complexity index is 1060. The molecule has 0 aliphatic heterocycles. The highest BCUT2D eigenvalue weighted by molar-refractivity contribution is 5.85. The summed E-state index contributed by atoms with van der Waals surface area (Å²) in [7, 11) is 0. The highest BCUT2D eigenvalue weighted by Crippen LogP contribution is 2.75. The summed E-state index contributed by atoms with van der Waals surface area (Å²) in [6, 6.07) is 0. The smallest absolute Gasteiger partial charge is 0.302 e. The zero-order chi connectivity index (χ0) is 29.9. The summed E-state index contributed by atoms with van der Waals surface area (Å²) in [5, 5.41) is 11.9. The van der Waals surface area contributed by atoms with Crippen LogP contribution in [-0.4, -0.2) is 41.1 Å². The normalized spacial score (nSPS) is 42.2. The molecule has 4 saturated carbocycles. The molecular weight excluding hydrogens is 504 g/mol. The molecule has 0 heterocycles. The Morgan fingerprint density at radius 1 is 1.00 bits per heavy atom. The molecule has 4 rings (SSSR count). The van der Waals surface area contributed by atoms with E-state index in [4.69, 9.17) is 9.47 Å². The summed E-state index contributed by atoms with van der Waals surface area (Å²) in [6.07, 6.45) is 9.71. The number of ether oxygens (including phenoxy) is 2. The van der Waals surface area contributed by atoms with E-state index in [2.05, 4.69) is 40.7 Å². The SMILES string of the molecule is CC(=O)OC/C(C)=C/CC[C@](C)(O)[C@H]1CC[C@]2(C)[C@@H]1CC[C@@H]1[C@@]3(C)CCC(=O)C(C)(C)[C@@H]3[C@@H](OC(C)=O)C[C@]12C. The molecule has 6 heteroatoms. The lowest BCUT2D eigenvalue weighted by atomic mass is 9.35. The van der Waals surface area contributed by atoms with Gasteiger partial charge in [-0.3, -0.25) is 14.4 Å². The number of fused-ring (bicyclic) bond motifs is 5. The average molecular weight is 559 g/mol. The van der Waals surface area contributed by atoms with Gasteiger partial charge in [-0.25, -0.2) is 0 Å². The van der Waals surface area contributed by atoms with Gasteiger partial charge in [0, 0.05) is 31.6 Å². The van der Waals surface area contributed by atoms with Gasteiger partial charge in [-0.2, -0.15) is 0 Å². The zero-order valence-electron chi connectivity index (χ0n) is 26.5. The number of carbonyl (C=O) groups excluding carboxylic acids is 3. The average Bonchev–Trinajstić information content (AvgIpc) is 3.19. The molecule has 6 nitrogen and oxygen atoms in total. The Morgan fingerprint density at radius 2 is 1.68 bits per heavy atom. The molecule has 40 heavy (non-hydrogen) atoms. The Balaban J connectivity index is 1.61. The van der Waals surface area contributed by atoms with E-state index in [1.165, 1.54) is 13.8 Å². The third-order valence-corrected chi connectivity index (χ3v) is 12.8. The van der Waals surface area contributed by atoms with Gasteiger partial charge in [0.05, 0.1) is 5.60 Å². The van der Waals surface area contributed by atoms with Gasteiger partial charge in [0.25, 0.3) is 0 Å². The van der Waals surface area contributed by atoms with Crippen molar-refractivity contribution in [1.82, 2.24) is 0 Å². The van der Waals surface area contributed by atoms with Gasteiger partial charge >= 0.3 is 11.9 Å². The minimum atomic E-state index is -0.792. The molecule has 9 atom stereocenters. The summed E-state index contributed by atoms with van der Waals surface area (Å²) >= 11 is 0. The Kier molecular flexibility index (Phi) is 8.24. The molecule has 226 valence electrons. The largest absolute Gasteiger partial charge is 0.462 e. The van der Waals surface area contributed by atoms with Crippen LogP contribution in [-0.2, 0) is 23.9 Å². The van der Waals surface area contributed by atoms with Gasteiger partial charge in [-0.15, -0.1) is 0 Å². The molecule has 1 N–H and O–H groups in total. The maximum absolute atomic E-state index is 13.2. The fraction of sp³-hybridized carbons (Fsp3) is 0.853. The Hall–Kier alpha value is -1.69. The third kappa shape index (κ3) is 4.98. The van der Waals surface area contributed by atoms with Crippen LogP contribution in [0, 0.1) is 45.3 Å². The number of allylic oxidation sites excluding steroid dienone is 1. The molecule has 0 unspecified atom stereocenters. The maximum Gasteiger partial charge on any atom is 0.302 e. The number of esters is 2. The van der Waals surface area contributed by atoms with Crippen LogP contribution in [0.3, 0.4) is 0 Å². The summed E-state index contributed by atoms with van der Waals surface area (Å²) in [5.74, 6) is 0.823. The highest BCUT2D eigenvalue weighted by atomic mass is 16.5. The van der Waals surface area contributed by atoms with Crippen LogP contribution < -0.4 is 0 Å². The van der Waals surface area contributed by atoms with Gasteiger partial charge in [0.2, 0.25) is 0 Å². The predicted molar refractivity (Wildman–Crippen MR) is 155 cm³/mol. The molecule has 0 saturated heterocycles. The van der Waals surface area contributed by atoms with Crippen molar-refractivity contribution in [2.24, 2.45) is 45.3 Å². The van der Waals surface area contributed by atoms with Crippen LogP contribution >= 0.6 is 0 Å². The van der Waals surface area contributed by atoms with Crippen LogP contribution in [0.4, 0.5) is 0 Å². The second-order valence-electron chi connectivity index (χ2n) is 15.4. The summed E-state index contributed by atoms with van der Waals surface area (Å²) < 4.78 is 11.3. The molecule has 0 amide bonds. The van der Waals surface area contributed by atoms with Crippen molar-refractivity contribution in [3.63, 3.8) is 0 Å². The second-order valence-corrected chi connectivity index (χ2v) is 15.4. The predicted octanol–water partition coefficient (Wildman–Crippen LogP) is 6.82. The molecule has 0 spiro atoms. The topological polar surface area (TPSA) is 89.9 Å². The fourth-order valence-electron chi connectivity index (χ4n) is 10.8. The quantitative estimate of drug-likeness (QED) is 0.272. The maximum atomic E-state index is 13.2. The van der Waals surface area contributed by atoms with E-state index in [-0.39, 0.29) is 46.1 Å². The number of ketones is 1. The summed E-state index contributed by atoms with van der Waals surface area (Å²) in [6.45, 7) is 18.6. The van der Waals surface area contributed by atoms with Gasteiger partial charge < -0.3 is 14.6 Å². The number of hydrogen-bond acceptors (Lipinski definition) is 6. The van der Waals surface area contributed by atoms with Crippen molar-refractivity contribution < 1.29 is 29.0 Å². The van der Waals surface area contributed by atoms with Crippen molar-refractivity contribution in [2.45, 2.75) is 132 Å². The number of aliphatic hydroxyl groups is 1. The standard InChI is InChI=1S/C34H54O6/c1-21(20-39-22(2)35)11-10-16-34(9,38)25-14-18-32(7)24(25)12-13-27-31(6)17-15-28(37)30(4,5)29(31)26(40-23(3)36)19-33(27,32)8/h11,24-27,29,38H,10,12-20H2,1-9H3/b21-11+/t24-,25+,26+,27-,29+,31-,32-,33-,34+/m1/s1. The van der Waals surface area contributed by atoms with Crippen LogP contribution in [0.25, 0.3) is 0 Å². The van der Waals surface area contributed by atoms with Gasteiger partial charge in [0.15, 0.2) is 0 Å². The van der Waals surface area contributed by atoms with Gasteiger partial charge in [-0.1, -0.05) is 40.7 Å². The van der Waals surface area contributed by atoms with E-state index >= 15 is 0 Å². The van der Waals surface area contributed by atoms with Crippen LogP contribution in [0.5, 0.6) is 0 Å². The van der Waals surface area contributed by atoms with Crippen molar-refractivity contribution in [1.29, 1.82) is 0 Å². The van der Waals surface area contributed by atoms with E-state index < -0.39 is 11.0 Å². The Labute approximate surface area is 242 Å². The van der Waals surface area contributed by atoms with Crippen molar-refractivity contribution in [3.05, 3.63) is 11.6 Å². The molecule has 4 aliphatic carbocycles. The molecule has 4 fully saturated rings.